The molecule has 0 amide bonds. The van der Waals surface area contributed by atoms with E-state index in [0.29, 0.717) is 17.2 Å². The van der Waals surface area contributed by atoms with Crippen LogP contribution in [-0.2, 0) is 20.9 Å². The summed E-state index contributed by atoms with van der Waals surface area (Å²) >= 11 is 6.09. The number of rotatable bonds is 7. The summed E-state index contributed by atoms with van der Waals surface area (Å²) in [6.07, 6.45) is -1.88. The van der Waals surface area contributed by atoms with Crippen LogP contribution in [0.25, 0.3) is 0 Å². The number of ether oxygens (including phenoxy) is 2. The van der Waals surface area contributed by atoms with Crippen molar-refractivity contribution in [1.82, 2.24) is 0 Å². The molecule has 0 aliphatic heterocycles. The molecule has 0 radical (unpaired) electrons. The van der Waals surface area contributed by atoms with Gasteiger partial charge in [-0.2, -0.15) is 0 Å². The molecule has 2 atom stereocenters. The molecule has 4 nitrogen and oxygen atoms in total. The van der Waals surface area contributed by atoms with Crippen molar-refractivity contribution in [2.75, 3.05) is 6.61 Å². The molecule has 0 aliphatic carbocycles. The number of esters is 1. The Kier molecular flexibility index (Phi) is 6.59. The SMILES string of the molecule is CC(=O)O[C@H](COCc1ccccc1)[C@@H](O)c1ccccc1Cl. The van der Waals surface area contributed by atoms with Gasteiger partial charge in [-0.05, 0) is 11.6 Å². The van der Waals surface area contributed by atoms with E-state index in [4.69, 9.17) is 21.1 Å². The second kappa shape index (κ2) is 8.67. The van der Waals surface area contributed by atoms with Crippen LogP contribution in [0.5, 0.6) is 0 Å². The number of aliphatic hydroxyl groups excluding tert-OH is 1. The Labute approximate surface area is 140 Å². The standard InChI is InChI=1S/C18H19ClO4/c1-13(20)23-17(12-22-11-14-7-3-2-4-8-14)18(21)15-9-5-6-10-16(15)19/h2-10,17-18,21H,11-12H2,1H3/t17-,18+/m1/s1. The van der Waals surface area contributed by atoms with Gasteiger partial charge in [-0.25, -0.2) is 0 Å². The Hall–Kier alpha value is -1.88. The zero-order chi connectivity index (χ0) is 16.7. The first-order valence-electron chi connectivity index (χ1n) is 7.29. The Bertz CT molecular complexity index is 630. The van der Waals surface area contributed by atoms with Crippen LogP contribution in [0.3, 0.4) is 0 Å². The fourth-order valence-electron chi connectivity index (χ4n) is 2.19. The molecule has 2 aromatic carbocycles. The van der Waals surface area contributed by atoms with E-state index in [1.165, 1.54) is 6.92 Å². The lowest BCUT2D eigenvalue weighted by Gasteiger charge is -2.23. The van der Waals surface area contributed by atoms with Crippen molar-refractivity contribution in [3.63, 3.8) is 0 Å². The molecule has 0 saturated heterocycles. The number of hydrogen-bond acceptors (Lipinski definition) is 4. The van der Waals surface area contributed by atoms with Crippen molar-refractivity contribution in [1.29, 1.82) is 0 Å². The zero-order valence-corrected chi connectivity index (χ0v) is 13.6. The van der Waals surface area contributed by atoms with E-state index in [-0.39, 0.29) is 6.61 Å². The van der Waals surface area contributed by atoms with E-state index >= 15 is 0 Å². The lowest BCUT2D eigenvalue weighted by atomic mass is 10.0. The van der Waals surface area contributed by atoms with Crippen molar-refractivity contribution in [3.8, 4) is 0 Å². The molecular weight excluding hydrogens is 316 g/mol. The highest BCUT2D eigenvalue weighted by Crippen LogP contribution is 2.26. The van der Waals surface area contributed by atoms with E-state index in [9.17, 15) is 9.90 Å². The smallest absolute Gasteiger partial charge is 0.303 e. The number of carbonyl (C=O) groups is 1. The van der Waals surface area contributed by atoms with Gasteiger partial charge in [-0.1, -0.05) is 60.1 Å². The second-order valence-corrected chi connectivity index (χ2v) is 5.52. The summed E-state index contributed by atoms with van der Waals surface area (Å²) in [7, 11) is 0. The average molecular weight is 335 g/mol. The maximum atomic E-state index is 11.3. The van der Waals surface area contributed by atoms with E-state index in [1.807, 2.05) is 30.3 Å². The molecule has 0 unspecified atom stereocenters. The van der Waals surface area contributed by atoms with E-state index in [0.717, 1.165) is 5.56 Å². The van der Waals surface area contributed by atoms with Gasteiger partial charge in [-0.15, -0.1) is 0 Å². The summed E-state index contributed by atoms with van der Waals surface area (Å²) in [6.45, 7) is 1.73. The monoisotopic (exact) mass is 334 g/mol. The minimum atomic E-state index is -1.05. The maximum Gasteiger partial charge on any atom is 0.303 e. The fraction of sp³-hybridized carbons (Fsp3) is 0.278. The lowest BCUT2D eigenvalue weighted by molar-refractivity contribution is -0.158. The van der Waals surface area contributed by atoms with Gasteiger partial charge >= 0.3 is 5.97 Å². The topological polar surface area (TPSA) is 55.8 Å². The molecule has 0 aromatic heterocycles. The Morgan fingerprint density at radius 2 is 1.78 bits per heavy atom. The van der Waals surface area contributed by atoms with E-state index in [1.54, 1.807) is 24.3 Å². The van der Waals surface area contributed by atoms with Gasteiger partial charge in [0, 0.05) is 17.5 Å². The third kappa shape index (κ3) is 5.36. The predicted octanol–water partition coefficient (Wildman–Crippen LogP) is 3.52. The van der Waals surface area contributed by atoms with E-state index < -0.39 is 18.2 Å². The molecule has 0 saturated carbocycles. The number of hydrogen-bond donors (Lipinski definition) is 1. The first kappa shape index (κ1) is 17.5. The molecule has 0 spiro atoms. The molecule has 1 N–H and O–H groups in total. The fourth-order valence-corrected chi connectivity index (χ4v) is 2.43. The van der Waals surface area contributed by atoms with Gasteiger partial charge in [0.15, 0.2) is 6.10 Å². The molecule has 122 valence electrons. The Morgan fingerprint density at radius 1 is 1.13 bits per heavy atom. The molecule has 2 aromatic rings. The van der Waals surface area contributed by atoms with Gasteiger partial charge in [0.25, 0.3) is 0 Å². The number of carbonyl (C=O) groups excluding carboxylic acids is 1. The predicted molar refractivity (Wildman–Crippen MR) is 88.1 cm³/mol. The average Bonchev–Trinajstić information content (AvgIpc) is 2.54. The van der Waals surface area contributed by atoms with Crippen LogP contribution >= 0.6 is 11.6 Å². The van der Waals surface area contributed by atoms with Crippen LogP contribution in [0.1, 0.15) is 24.2 Å². The highest BCUT2D eigenvalue weighted by atomic mass is 35.5. The van der Waals surface area contributed by atoms with Gasteiger partial charge in [0.2, 0.25) is 0 Å². The highest BCUT2D eigenvalue weighted by Gasteiger charge is 2.25. The van der Waals surface area contributed by atoms with Crippen LogP contribution in [0.4, 0.5) is 0 Å². The molecular formula is C18H19ClO4. The maximum absolute atomic E-state index is 11.3. The molecule has 0 bridgehead atoms. The van der Waals surface area contributed by atoms with Crippen molar-refractivity contribution in [2.24, 2.45) is 0 Å². The van der Waals surface area contributed by atoms with Crippen LogP contribution in [0.15, 0.2) is 54.6 Å². The van der Waals surface area contributed by atoms with Crippen molar-refractivity contribution < 1.29 is 19.4 Å². The third-order valence-corrected chi connectivity index (χ3v) is 3.63. The van der Waals surface area contributed by atoms with Gasteiger partial charge in [-0.3, -0.25) is 4.79 Å². The normalized spacial score (nSPS) is 13.3. The van der Waals surface area contributed by atoms with Crippen LogP contribution in [0, 0.1) is 0 Å². The quantitative estimate of drug-likeness (QED) is 0.787. The van der Waals surface area contributed by atoms with Crippen molar-refractivity contribution in [2.45, 2.75) is 25.7 Å². The van der Waals surface area contributed by atoms with Crippen molar-refractivity contribution >= 4 is 17.6 Å². The molecule has 2 rings (SSSR count). The summed E-state index contributed by atoms with van der Waals surface area (Å²) in [4.78, 5) is 11.3. The second-order valence-electron chi connectivity index (χ2n) is 5.11. The molecule has 23 heavy (non-hydrogen) atoms. The van der Waals surface area contributed by atoms with Gasteiger partial charge < -0.3 is 14.6 Å². The minimum Gasteiger partial charge on any atom is -0.457 e. The van der Waals surface area contributed by atoms with Gasteiger partial charge in [0.05, 0.1) is 13.2 Å². The summed E-state index contributed by atoms with van der Waals surface area (Å²) < 4.78 is 10.8. The summed E-state index contributed by atoms with van der Waals surface area (Å²) in [5.41, 5.74) is 1.50. The number of halogens is 1. The van der Waals surface area contributed by atoms with Gasteiger partial charge in [0.1, 0.15) is 6.10 Å². The minimum absolute atomic E-state index is 0.0703. The van der Waals surface area contributed by atoms with Crippen LogP contribution in [-0.4, -0.2) is 23.8 Å². The number of aliphatic hydroxyl groups is 1. The number of benzene rings is 2. The lowest BCUT2D eigenvalue weighted by Crippen LogP contribution is -2.29. The highest BCUT2D eigenvalue weighted by molar-refractivity contribution is 6.31. The molecule has 0 aliphatic rings. The third-order valence-electron chi connectivity index (χ3n) is 3.29. The summed E-state index contributed by atoms with van der Waals surface area (Å²) in [5.74, 6) is -0.482. The Balaban J connectivity index is 2.01. The van der Waals surface area contributed by atoms with Crippen molar-refractivity contribution in [3.05, 3.63) is 70.7 Å². The first-order valence-corrected chi connectivity index (χ1v) is 7.67. The zero-order valence-electron chi connectivity index (χ0n) is 12.8. The first-order chi connectivity index (χ1) is 11.1. The van der Waals surface area contributed by atoms with Crippen LogP contribution < -0.4 is 0 Å². The van der Waals surface area contributed by atoms with E-state index in [2.05, 4.69) is 0 Å². The largest absolute Gasteiger partial charge is 0.457 e. The summed E-state index contributed by atoms with van der Waals surface area (Å²) in [5, 5.41) is 10.9. The molecule has 0 fully saturated rings. The molecule has 0 heterocycles. The molecule has 5 heteroatoms. The summed E-state index contributed by atoms with van der Waals surface area (Å²) in [6, 6.07) is 16.5. The Morgan fingerprint density at radius 3 is 2.43 bits per heavy atom. The van der Waals surface area contributed by atoms with Crippen LogP contribution in [0.2, 0.25) is 5.02 Å².